The Labute approximate surface area is 104 Å². The highest BCUT2D eigenvalue weighted by molar-refractivity contribution is 5.78. The Hall–Kier alpha value is -1.05. The maximum atomic E-state index is 11.9. The number of terminal acetylenes is 1. The largest absolute Gasteiger partial charge is 0.339 e. The molecule has 0 atom stereocenters. The third kappa shape index (κ3) is 5.20. The summed E-state index contributed by atoms with van der Waals surface area (Å²) < 4.78 is 0. The Morgan fingerprint density at radius 2 is 1.88 bits per heavy atom. The molecule has 4 nitrogen and oxygen atoms in total. The predicted octanol–water partition coefficient (Wildman–Crippen LogP) is 0.152. The third-order valence-corrected chi connectivity index (χ3v) is 2.81. The van der Waals surface area contributed by atoms with Gasteiger partial charge in [0.25, 0.3) is 0 Å². The number of piperazine rings is 1. The first-order valence-electron chi connectivity index (χ1n) is 6.11. The summed E-state index contributed by atoms with van der Waals surface area (Å²) in [6.07, 6.45) is 5.27. The van der Waals surface area contributed by atoms with Gasteiger partial charge in [0.1, 0.15) is 0 Å². The first kappa shape index (κ1) is 14.0. The quantitative estimate of drug-likeness (QED) is 0.710. The van der Waals surface area contributed by atoms with Gasteiger partial charge in [-0.15, -0.1) is 6.42 Å². The lowest BCUT2D eigenvalue weighted by molar-refractivity contribution is -0.132. The average Bonchev–Trinajstić information content (AvgIpc) is 2.26. The standard InChI is InChI=1S/C13H23N3O/c1-5-6-15-7-9-16(10-8-15)12(17)11-14-13(2,3)4/h1,14H,6-11H2,2-4H3. The first-order valence-corrected chi connectivity index (χ1v) is 6.11. The van der Waals surface area contributed by atoms with Crippen molar-refractivity contribution in [1.82, 2.24) is 15.1 Å². The molecule has 1 aliphatic heterocycles. The molecule has 0 aliphatic carbocycles. The van der Waals surface area contributed by atoms with E-state index >= 15 is 0 Å². The number of rotatable bonds is 3. The lowest BCUT2D eigenvalue weighted by Crippen LogP contribution is -2.52. The number of carbonyl (C=O) groups excluding carboxylic acids is 1. The number of amides is 1. The molecule has 0 aromatic heterocycles. The van der Waals surface area contributed by atoms with E-state index in [2.05, 4.69) is 36.9 Å². The zero-order chi connectivity index (χ0) is 12.9. The molecular formula is C13H23N3O. The average molecular weight is 237 g/mol. The van der Waals surface area contributed by atoms with Gasteiger partial charge in [-0.1, -0.05) is 5.92 Å². The first-order chi connectivity index (χ1) is 7.92. The van der Waals surface area contributed by atoms with Gasteiger partial charge in [-0.25, -0.2) is 0 Å². The molecule has 0 bridgehead atoms. The fraction of sp³-hybridized carbons (Fsp3) is 0.769. The van der Waals surface area contributed by atoms with E-state index in [1.165, 1.54) is 0 Å². The van der Waals surface area contributed by atoms with Crippen LogP contribution in [0, 0.1) is 12.3 Å². The van der Waals surface area contributed by atoms with E-state index in [1.807, 2.05) is 4.90 Å². The molecule has 1 saturated heterocycles. The van der Waals surface area contributed by atoms with Gasteiger partial charge in [0.15, 0.2) is 0 Å². The van der Waals surface area contributed by atoms with Crippen molar-refractivity contribution in [2.75, 3.05) is 39.3 Å². The molecule has 0 radical (unpaired) electrons. The predicted molar refractivity (Wildman–Crippen MR) is 69.6 cm³/mol. The second-order valence-corrected chi connectivity index (χ2v) is 5.46. The SMILES string of the molecule is C#CCN1CCN(C(=O)CNC(C)(C)C)CC1. The highest BCUT2D eigenvalue weighted by atomic mass is 16.2. The monoisotopic (exact) mass is 237 g/mol. The van der Waals surface area contributed by atoms with E-state index in [0.29, 0.717) is 13.1 Å². The molecule has 0 unspecified atom stereocenters. The molecule has 0 saturated carbocycles. The van der Waals surface area contributed by atoms with Gasteiger partial charge in [0, 0.05) is 31.7 Å². The second kappa shape index (κ2) is 6.04. The van der Waals surface area contributed by atoms with E-state index in [9.17, 15) is 4.79 Å². The van der Waals surface area contributed by atoms with Crippen molar-refractivity contribution in [3.05, 3.63) is 0 Å². The fourth-order valence-corrected chi connectivity index (χ4v) is 1.74. The Kier molecular flexibility index (Phi) is 4.98. The molecule has 1 fully saturated rings. The fourth-order valence-electron chi connectivity index (χ4n) is 1.74. The molecule has 1 rings (SSSR count). The van der Waals surface area contributed by atoms with Crippen LogP contribution in [-0.2, 0) is 4.79 Å². The van der Waals surface area contributed by atoms with Gasteiger partial charge in [-0.05, 0) is 20.8 Å². The van der Waals surface area contributed by atoms with Crippen LogP contribution in [0.2, 0.25) is 0 Å². The van der Waals surface area contributed by atoms with Gasteiger partial charge in [0.05, 0.1) is 13.1 Å². The smallest absolute Gasteiger partial charge is 0.236 e. The van der Waals surface area contributed by atoms with Crippen LogP contribution in [0.1, 0.15) is 20.8 Å². The number of nitrogens with zero attached hydrogens (tertiary/aromatic N) is 2. The summed E-state index contributed by atoms with van der Waals surface area (Å²) >= 11 is 0. The molecule has 1 aliphatic rings. The Morgan fingerprint density at radius 3 is 2.35 bits per heavy atom. The molecule has 96 valence electrons. The van der Waals surface area contributed by atoms with Crippen LogP contribution >= 0.6 is 0 Å². The highest BCUT2D eigenvalue weighted by Gasteiger charge is 2.21. The molecule has 1 amide bonds. The van der Waals surface area contributed by atoms with E-state index in [-0.39, 0.29) is 11.4 Å². The van der Waals surface area contributed by atoms with Gasteiger partial charge in [-0.2, -0.15) is 0 Å². The van der Waals surface area contributed by atoms with Crippen LogP contribution in [0.5, 0.6) is 0 Å². The summed E-state index contributed by atoms with van der Waals surface area (Å²) in [5, 5.41) is 3.22. The van der Waals surface area contributed by atoms with Crippen molar-refractivity contribution in [3.63, 3.8) is 0 Å². The Balaban J connectivity index is 2.29. The summed E-state index contributed by atoms with van der Waals surface area (Å²) in [6.45, 7) is 10.6. The Morgan fingerprint density at radius 1 is 1.29 bits per heavy atom. The molecular weight excluding hydrogens is 214 g/mol. The molecule has 0 aromatic carbocycles. The third-order valence-electron chi connectivity index (χ3n) is 2.81. The number of hydrogen-bond donors (Lipinski definition) is 1. The van der Waals surface area contributed by atoms with Crippen LogP contribution in [0.4, 0.5) is 0 Å². The van der Waals surface area contributed by atoms with E-state index in [0.717, 1.165) is 26.2 Å². The lowest BCUT2D eigenvalue weighted by atomic mass is 10.1. The lowest BCUT2D eigenvalue weighted by Gasteiger charge is -2.34. The van der Waals surface area contributed by atoms with Gasteiger partial charge in [-0.3, -0.25) is 9.69 Å². The van der Waals surface area contributed by atoms with Crippen LogP contribution < -0.4 is 5.32 Å². The topological polar surface area (TPSA) is 35.6 Å². The minimum atomic E-state index is -0.0129. The number of hydrogen-bond acceptors (Lipinski definition) is 3. The summed E-state index contributed by atoms with van der Waals surface area (Å²) in [4.78, 5) is 16.0. The van der Waals surface area contributed by atoms with Crippen molar-refractivity contribution >= 4 is 5.91 Å². The van der Waals surface area contributed by atoms with E-state index in [1.54, 1.807) is 0 Å². The van der Waals surface area contributed by atoms with E-state index < -0.39 is 0 Å². The molecule has 4 heteroatoms. The zero-order valence-corrected chi connectivity index (χ0v) is 11.1. The normalized spacial score (nSPS) is 17.9. The molecule has 1 N–H and O–H groups in total. The van der Waals surface area contributed by atoms with Crippen LogP contribution in [0.15, 0.2) is 0 Å². The number of carbonyl (C=O) groups is 1. The van der Waals surface area contributed by atoms with Crippen molar-refractivity contribution in [2.24, 2.45) is 0 Å². The highest BCUT2D eigenvalue weighted by Crippen LogP contribution is 2.03. The minimum absolute atomic E-state index is 0.0129. The molecule has 1 heterocycles. The number of nitrogens with one attached hydrogen (secondary N) is 1. The Bertz CT molecular complexity index is 293. The molecule has 17 heavy (non-hydrogen) atoms. The van der Waals surface area contributed by atoms with Crippen molar-refractivity contribution in [2.45, 2.75) is 26.3 Å². The van der Waals surface area contributed by atoms with Gasteiger partial charge in [0.2, 0.25) is 5.91 Å². The maximum Gasteiger partial charge on any atom is 0.236 e. The summed E-state index contributed by atoms with van der Waals surface area (Å²) in [5.41, 5.74) is -0.0129. The maximum absolute atomic E-state index is 11.9. The van der Waals surface area contributed by atoms with Crippen LogP contribution in [0.3, 0.4) is 0 Å². The van der Waals surface area contributed by atoms with Crippen LogP contribution in [0.25, 0.3) is 0 Å². The molecule has 0 spiro atoms. The van der Waals surface area contributed by atoms with Crippen molar-refractivity contribution in [3.8, 4) is 12.3 Å². The molecule has 0 aromatic rings. The van der Waals surface area contributed by atoms with Crippen LogP contribution in [-0.4, -0.2) is 60.5 Å². The van der Waals surface area contributed by atoms with Crippen molar-refractivity contribution in [1.29, 1.82) is 0 Å². The second-order valence-electron chi connectivity index (χ2n) is 5.46. The summed E-state index contributed by atoms with van der Waals surface area (Å²) in [6, 6.07) is 0. The van der Waals surface area contributed by atoms with Gasteiger partial charge < -0.3 is 10.2 Å². The van der Waals surface area contributed by atoms with Crippen molar-refractivity contribution < 1.29 is 4.79 Å². The van der Waals surface area contributed by atoms with Gasteiger partial charge >= 0.3 is 0 Å². The van der Waals surface area contributed by atoms with E-state index in [4.69, 9.17) is 6.42 Å². The summed E-state index contributed by atoms with van der Waals surface area (Å²) in [5.74, 6) is 2.82. The zero-order valence-electron chi connectivity index (χ0n) is 11.1. The summed E-state index contributed by atoms with van der Waals surface area (Å²) in [7, 11) is 0. The minimum Gasteiger partial charge on any atom is -0.339 e.